The van der Waals surface area contributed by atoms with Crippen LogP contribution in [-0.4, -0.2) is 15.3 Å². The van der Waals surface area contributed by atoms with Crippen LogP contribution in [0.4, 0.5) is 5.69 Å². The van der Waals surface area contributed by atoms with Crippen LogP contribution in [0.2, 0.25) is 0 Å². The van der Waals surface area contributed by atoms with Gasteiger partial charge in [-0.2, -0.15) is 0 Å². The Balaban J connectivity index is 2.60. The molecule has 0 aliphatic carbocycles. The van der Waals surface area contributed by atoms with Crippen molar-refractivity contribution in [2.45, 2.75) is 26.2 Å². The molecule has 2 N–H and O–H groups in total. The van der Waals surface area contributed by atoms with E-state index in [-0.39, 0.29) is 0 Å². The van der Waals surface area contributed by atoms with Gasteiger partial charge in [0.25, 0.3) is 11.3 Å². The van der Waals surface area contributed by atoms with Crippen LogP contribution in [-0.2, 0) is 11.3 Å². The van der Waals surface area contributed by atoms with E-state index in [0.717, 1.165) is 31.5 Å². The Labute approximate surface area is 99.0 Å². The van der Waals surface area contributed by atoms with Crippen molar-refractivity contribution in [2.24, 2.45) is 0 Å². The summed E-state index contributed by atoms with van der Waals surface area (Å²) in [6.07, 6.45) is 3.24. The lowest BCUT2D eigenvalue weighted by molar-refractivity contribution is 0.540. The molecule has 1 atom stereocenters. The largest absolute Gasteiger partial charge is 0.295 e. The van der Waals surface area contributed by atoms with Crippen LogP contribution in [0.25, 0.3) is 0 Å². The number of hydrogen-bond acceptors (Lipinski definition) is 2. The van der Waals surface area contributed by atoms with Gasteiger partial charge in [-0.05, 0) is 18.6 Å². The van der Waals surface area contributed by atoms with E-state index in [1.807, 2.05) is 30.3 Å². The predicted molar refractivity (Wildman–Crippen MR) is 67.2 cm³/mol. The first-order valence-electron chi connectivity index (χ1n) is 5.43. The summed E-state index contributed by atoms with van der Waals surface area (Å²) in [7, 11) is 0. The topological polar surface area (TPSA) is 52.6 Å². The van der Waals surface area contributed by atoms with Gasteiger partial charge in [0, 0.05) is 6.54 Å². The second kappa shape index (κ2) is 7.38. The molecular weight excluding hydrogens is 224 g/mol. The molecule has 0 radical (unpaired) electrons. The highest BCUT2D eigenvalue weighted by Gasteiger charge is 2.07. The number of rotatable bonds is 7. The molecule has 16 heavy (non-hydrogen) atoms. The first-order valence-corrected chi connectivity index (χ1v) is 6.54. The minimum Gasteiger partial charge on any atom is -0.295 e. The van der Waals surface area contributed by atoms with E-state index < -0.39 is 11.3 Å². The van der Waals surface area contributed by atoms with Crippen molar-refractivity contribution < 1.29 is 8.76 Å². The molecule has 0 spiro atoms. The van der Waals surface area contributed by atoms with E-state index >= 15 is 0 Å². The lowest BCUT2D eigenvalue weighted by Gasteiger charge is -2.23. The lowest BCUT2D eigenvalue weighted by atomic mass is 10.2. The van der Waals surface area contributed by atoms with E-state index in [2.05, 4.69) is 11.8 Å². The van der Waals surface area contributed by atoms with Gasteiger partial charge in [-0.25, -0.2) is 4.21 Å². The Kier molecular flexibility index (Phi) is 6.07. The number of hydrogen-bond donors (Lipinski definition) is 2. The zero-order valence-electron chi connectivity index (χ0n) is 9.43. The van der Waals surface area contributed by atoms with Crippen LogP contribution in [0.15, 0.2) is 30.3 Å². The minimum absolute atomic E-state index is 0.726. The van der Waals surface area contributed by atoms with Crippen LogP contribution >= 0.6 is 0 Å². The summed E-state index contributed by atoms with van der Waals surface area (Å²) in [5.41, 5.74) is 0.904. The number of anilines is 1. The van der Waals surface area contributed by atoms with Crippen molar-refractivity contribution in [3.8, 4) is 0 Å². The molecule has 1 rings (SSSR count). The zero-order chi connectivity index (χ0) is 11.8. The van der Waals surface area contributed by atoms with E-state index in [1.165, 1.54) is 0 Å². The van der Waals surface area contributed by atoms with Crippen molar-refractivity contribution in [3.63, 3.8) is 0 Å². The third kappa shape index (κ3) is 4.74. The molecule has 4 nitrogen and oxygen atoms in total. The monoisotopic (exact) mass is 242 g/mol. The summed E-state index contributed by atoms with van der Waals surface area (Å²) >= 11 is -2.03. The van der Waals surface area contributed by atoms with Gasteiger partial charge in [-0.15, -0.1) is 4.83 Å². The van der Waals surface area contributed by atoms with Gasteiger partial charge < -0.3 is 0 Å². The van der Waals surface area contributed by atoms with Crippen LogP contribution in [0.3, 0.4) is 0 Å². The fourth-order valence-corrected chi connectivity index (χ4v) is 1.83. The van der Waals surface area contributed by atoms with Gasteiger partial charge in [0.1, 0.15) is 0 Å². The molecule has 0 bridgehead atoms. The second-order valence-electron chi connectivity index (χ2n) is 3.53. The molecule has 0 aliphatic heterocycles. The number of benzene rings is 1. The molecule has 0 fully saturated rings. The zero-order valence-corrected chi connectivity index (χ0v) is 10.2. The third-order valence-corrected chi connectivity index (χ3v) is 2.62. The van der Waals surface area contributed by atoms with Crippen molar-refractivity contribution >= 4 is 17.0 Å². The number of para-hydroxylation sites is 1. The highest BCUT2D eigenvalue weighted by Crippen LogP contribution is 2.12. The Morgan fingerprint density at radius 2 is 2.00 bits per heavy atom. The Morgan fingerprint density at radius 3 is 2.56 bits per heavy atom. The predicted octanol–water partition coefficient (Wildman–Crippen LogP) is 2.32. The van der Waals surface area contributed by atoms with Crippen LogP contribution in [0.1, 0.15) is 26.2 Å². The summed E-state index contributed by atoms with van der Waals surface area (Å²) < 4.78 is 19.6. The van der Waals surface area contributed by atoms with Gasteiger partial charge in [0.05, 0.1) is 5.69 Å². The van der Waals surface area contributed by atoms with Crippen LogP contribution in [0.5, 0.6) is 0 Å². The first kappa shape index (κ1) is 13.2. The van der Waals surface area contributed by atoms with Gasteiger partial charge >= 0.3 is 0 Å². The number of nitrogens with zero attached hydrogens (tertiary/aromatic N) is 1. The van der Waals surface area contributed by atoms with Crippen LogP contribution < -0.4 is 9.84 Å². The molecule has 0 aromatic heterocycles. The summed E-state index contributed by atoms with van der Waals surface area (Å²) in [5.74, 6) is 0. The third-order valence-electron chi connectivity index (χ3n) is 2.24. The van der Waals surface area contributed by atoms with E-state index in [0.29, 0.717) is 0 Å². The summed E-state index contributed by atoms with van der Waals surface area (Å²) in [6, 6.07) is 9.55. The normalized spacial score (nSPS) is 12.4. The van der Waals surface area contributed by atoms with Gasteiger partial charge in [0.2, 0.25) is 0 Å². The maximum absolute atomic E-state index is 10.8. The average Bonchev–Trinajstić information content (AvgIpc) is 2.29. The summed E-state index contributed by atoms with van der Waals surface area (Å²) in [4.78, 5) is 2.52. The fourth-order valence-electron chi connectivity index (χ4n) is 1.45. The number of nitrogens with one attached hydrogen (secondary N) is 1. The molecule has 0 aliphatic rings. The molecule has 1 aromatic rings. The van der Waals surface area contributed by atoms with E-state index in [1.54, 1.807) is 5.01 Å². The SMILES string of the molecule is CCCCCN(NS(=O)O)c1ccccc1. The quantitative estimate of drug-likeness (QED) is 0.438. The van der Waals surface area contributed by atoms with E-state index in [4.69, 9.17) is 4.55 Å². The standard InChI is InChI=1S/C11H18N2O2S/c1-2-3-7-10-13(12-16(14)15)11-8-5-4-6-9-11/h4-6,8-9,12H,2-3,7,10H2,1H3,(H,14,15). The molecule has 0 saturated carbocycles. The molecule has 1 aromatic carbocycles. The highest BCUT2D eigenvalue weighted by molar-refractivity contribution is 7.77. The maximum atomic E-state index is 10.8. The van der Waals surface area contributed by atoms with Crippen molar-refractivity contribution in [2.75, 3.05) is 11.6 Å². The number of hydrazine groups is 1. The smallest absolute Gasteiger partial charge is 0.250 e. The molecular formula is C11H18N2O2S. The Morgan fingerprint density at radius 1 is 1.31 bits per heavy atom. The Bertz CT molecular complexity index is 319. The van der Waals surface area contributed by atoms with Crippen LogP contribution in [0, 0.1) is 0 Å². The molecule has 0 amide bonds. The lowest BCUT2D eigenvalue weighted by Crippen LogP contribution is -2.39. The summed E-state index contributed by atoms with van der Waals surface area (Å²) in [5, 5.41) is 1.71. The van der Waals surface area contributed by atoms with Gasteiger partial charge in [0.15, 0.2) is 0 Å². The minimum atomic E-state index is -2.03. The highest BCUT2D eigenvalue weighted by atomic mass is 32.2. The molecule has 5 heteroatoms. The summed E-state index contributed by atoms with van der Waals surface area (Å²) in [6.45, 7) is 2.86. The Hall–Kier alpha value is -0.910. The second-order valence-corrected chi connectivity index (χ2v) is 4.22. The molecule has 1 unspecified atom stereocenters. The number of unbranched alkanes of at least 4 members (excludes halogenated alkanes) is 2. The molecule has 0 heterocycles. The van der Waals surface area contributed by atoms with Gasteiger partial charge in [-0.1, -0.05) is 38.0 Å². The molecule has 90 valence electrons. The van der Waals surface area contributed by atoms with Crippen molar-refractivity contribution in [3.05, 3.63) is 30.3 Å². The van der Waals surface area contributed by atoms with E-state index in [9.17, 15) is 4.21 Å². The first-order chi connectivity index (χ1) is 7.74. The van der Waals surface area contributed by atoms with Gasteiger partial charge in [-0.3, -0.25) is 9.56 Å². The molecule has 0 saturated heterocycles. The average molecular weight is 242 g/mol. The maximum Gasteiger partial charge on any atom is 0.250 e. The van der Waals surface area contributed by atoms with Crippen molar-refractivity contribution in [1.82, 2.24) is 4.83 Å². The van der Waals surface area contributed by atoms with Crippen molar-refractivity contribution in [1.29, 1.82) is 0 Å². The fraction of sp³-hybridized carbons (Fsp3) is 0.455.